The van der Waals surface area contributed by atoms with Crippen LogP contribution in [0.1, 0.15) is 42.2 Å². The Morgan fingerprint density at radius 2 is 2.26 bits per heavy atom. The minimum atomic E-state index is -0.0899. The summed E-state index contributed by atoms with van der Waals surface area (Å²) in [5, 5.41) is 3.39. The molecule has 0 atom stereocenters. The van der Waals surface area contributed by atoms with Crippen LogP contribution in [0, 0.1) is 0 Å². The highest BCUT2D eigenvalue weighted by Gasteiger charge is 2.29. The van der Waals surface area contributed by atoms with Gasteiger partial charge in [-0.3, -0.25) is 9.36 Å². The molecule has 3 rings (SSSR count). The third-order valence-corrected chi connectivity index (χ3v) is 4.41. The first-order valence-corrected chi connectivity index (χ1v) is 7.63. The molecule has 1 aliphatic carbocycles. The van der Waals surface area contributed by atoms with E-state index in [4.69, 9.17) is 11.6 Å². The average molecular weight is 296 g/mol. The summed E-state index contributed by atoms with van der Waals surface area (Å²) in [5.74, 6) is 1.19. The third-order valence-electron chi connectivity index (χ3n) is 3.17. The molecule has 4 nitrogen and oxygen atoms in total. The molecule has 0 saturated heterocycles. The van der Waals surface area contributed by atoms with E-state index in [-0.39, 0.29) is 10.7 Å². The summed E-state index contributed by atoms with van der Waals surface area (Å²) in [6.07, 6.45) is 3.10. The van der Waals surface area contributed by atoms with E-state index < -0.39 is 0 Å². The number of aryl methyl sites for hydroxylation is 1. The molecule has 2 heterocycles. The summed E-state index contributed by atoms with van der Waals surface area (Å²) in [6.45, 7) is 2.57. The highest BCUT2D eigenvalue weighted by molar-refractivity contribution is 7.09. The van der Waals surface area contributed by atoms with E-state index in [0.717, 1.165) is 35.8 Å². The SMILES string of the molecule is CCc1nc(Cn2c(C3CC3)nc(Cl)cc2=O)cs1. The van der Waals surface area contributed by atoms with Gasteiger partial charge in [0.2, 0.25) is 0 Å². The van der Waals surface area contributed by atoms with E-state index >= 15 is 0 Å². The molecule has 2 aromatic heterocycles. The van der Waals surface area contributed by atoms with Crippen LogP contribution in [-0.2, 0) is 13.0 Å². The highest BCUT2D eigenvalue weighted by atomic mass is 35.5. The molecule has 1 fully saturated rings. The lowest BCUT2D eigenvalue weighted by Gasteiger charge is -2.10. The number of hydrogen-bond acceptors (Lipinski definition) is 4. The van der Waals surface area contributed by atoms with Crippen LogP contribution >= 0.6 is 22.9 Å². The van der Waals surface area contributed by atoms with Crippen molar-refractivity contribution in [3.63, 3.8) is 0 Å². The van der Waals surface area contributed by atoms with E-state index in [0.29, 0.717) is 12.5 Å². The Morgan fingerprint density at radius 1 is 1.47 bits per heavy atom. The second-order valence-electron chi connectivity index (χ2n) is 4.72. The van der Waals surface area contributed by atoms with Crippen LogP contribution in [0.25, 0.3) is 0 Å². The molecular weight excluding hydrogens is 282 g/mol. The molecule has 19 heavy (non-hydrogen) atoms. The Morgan fingerprint density at radius 3 is 2.89 bits per heavy atom. The molecule has 0 aliphatic heterocycles. The van der Waals surface area contributed by atoms with Gasteiger partial charge < -0.3 is 0 Å². The minimum Gasteiger partial charge on any atom is -0.290 e. The molecular formula is C13H14ClN3OS. The van der Waals surface area contributed by atoms with Crippen LogP contribution in [-0.4, -0.2) is 14.5 Å². The summed E-state index contributed by atoms with van der Waals surface area (Å²) < 4.78 is 1.71. The van der Waals surface area contributed by atoms with Gasteiger partial charge in [0.05, 0.1) is 17.2 Å². The van der Waals surface area contributed by atoms with Gasteiger partial charge in [-0.2, -0.15) is 0 Å². The zero-order chi connectivity index (χ0) is 13.4. The second kappa shape index (κ2) is 5.06. The van der Waals surface area contributed by atoms with Crippen molar-refractivity contribution in [2.45, 2.75) is 38.6 Å². The lowest BCUT2D eigenvalue weighted by Crippen LogP contribution is -2.24. The van der Waals surface area contributed by atoms with Crippen LogP contribution < -0.4 is 5.56 Å². The van der Waals surface area contributed by atoms with Crippen molar-refractivity contribution < 1.29 is 0 Å². The van der Waals surface area contributed by atoms with Crippen molar-refractivity contribution in [2.75, 3.05) is 0 Å². The molecule has 0 N–H and O–H groups in total. The Balaban J connectivity index is 1.97. The van der Waals surface area contributed by atoms with Gasteiger partial charge in [0, 0.05) is 17.4 Å². The molecule has 1 aliphatic rings. The summed E-state index contributed by atoms with van der Waals surface area (Å²) in [4.78, 5) is 20.9. The lowest BCUT2D eigenvalue weighted by atomic mass is 10.3. The van der Waals surface area contributed by atoms with E-state index in [9.17, 15) is 4.79 Å². The van der Waals surface area contributed by atoms with E-state index in [2.05, 4.69) is 16.9 Å². The maximum Gasteiger partial charge on any atom is 0.255 e. The van der Waals surface area contributed by atoms with Gasteiger partial charge >= 0.3 is 0 Å². The number of rotatable bonds is 4. The van der Waals surface area contributed by atoms with E-state index in [1.165, 1.54) is 6.07 Å². The van der Waals surface area contributed by atoms with Crippen molar-refractivity contribution in [2.24, 2.45) is 0 Å². The highest BCUT2D eigenvalue weighted by Crippen LogP contribution is 2.38. The maximum atomic E-state index is 12.1. The average Bonchev–Trinajstić information content (AvgIpc) is 3.12. The van der Waals surface area contributed by atoms with Gasteiger partial charge in [0.15, 0.2) is 0 Å². The zero-order valence-corrected chi connectivity index (χ0v) is 12.2. The predicted octanol–water partition coefficient (Wildman–Crippen LogP) is 2.84. The lowest BCUT2D eigenvalue weighted by molar-refractivity contribution is 0.659. The largest absolute Gasteiger partial charge is 0.290 e. The Bertz CT molecular complexity index is 660. The summed E-state index contributed by atoms with van der Waals surface area (Å²) in [5.41, 5.74) is 0.836. The minimum absolute atomic E-state index is 0.0899. The summed E-state index contributed by atoms with van der Waals surface area (Å²) in [7, 11) is 0. The van der Waals surface area contributed by atoms with E-state index in [1.54, 1.807) is 15.9 Å². The van der Waals surface area contributed by atoms with Gasteiger partial charge in [0.1, 0.15) is 11.0 Å². The zero-order valence-electron chi connectivity index (χ0n) is 10.6. The Hall–Kier alpha value is -1.20. The van der Waals surface area contributed by atoms with Crippen molar-refractivity contribution in [3.05, 3.63) is 43.5 Å². The molecule has 100 valence electrons. The van der Waals surface area contributed by atoms with Crippen LogP contribution in [0.15, 0.2) is 16.2 Å². The van der Waals surface area contributed by atoms with Crippen molar-refractivity contribution in [1.29, 1.82) is 0 Å². The number of nitrogens with zero attached hydrogens (tertiary/aromatic N) is 3. The van der Waals surface area contributed by atoms with Crippen LogP contribution in [0.2, 0.25) is 5.15 Å². The topological polar surface area (TPSA) is 47.8 Å². The second-order valence-corrected chi connectivity index (χ2v) is 6.05. The van der Waals surface area contributed by atoms with Crippen molar-refractivity contribution in [3.8, 4) is 0 Å². The van der Waals surface area contributed by atoms with Crippen molar-refractivity contribution >= 4 is 22.9 Å². The number of aromatic nitrogens is 3. The monoisotopic (exact) mass is 295 g/mol. The first-order chi connectivity index (χ1) is 9.17. The first-order valence-electron chi connectivity index (χ1n) is 6.38. The number of halogens is 1. The molecule has 0 aromatic carbocycles. The fraction of sp³-hybridized carbons (Fsp3) is 0.462. The fourth-order valence-corrected chi connectivity index (χ4v) is 2.97. The Kier molecular flexibility index (Phi) is 3.41. The van der Waals surface area contributed by atoms with Crippen molar-refractivity contribution in [1.82, 2.24) is 14.5 Å². The molecule has 6 heteroatoms. The normalized spacial score (nSPS) is 14.8. The van der Waals surface area contributed by atoms with E-state index in [1.807, 2.05) is 5.38 Å². The quantitative estimate of drug-likeness (QED) is 0.815. The summed E-state index contributed by atoms with van der Waals surface area (Å²) >= 11 is 7.52. The number of hydrogen-bond donors (Lipinski definition) is 0. The number of thiazole rings is 1. The molecule has 0 spiro atoms. The van der Waals surface area contributed by atoms with Crippen LogP contribution in [0.5, 0.6) is 0 Å². The fourth-order valence-electron chi connectivity index (χ4n) is 2.05. The standard InChI is InChI=1S/C13H14ClN3OS/c1-2-11-15-9(7-19-11)6-17-12(18)5-10(14)16-13(17)8-3-4-8/h5,7-8H,2-4,6H2,1H3. The van der Waals surface area contributed by atoms with Gasteiger partial charge in [-0.15, -0.1) is 11.3 Å². The molecule has 0 radical (unpaired) electrons. The summed E-state index contributed by atoms with van der Waals surface area (Å²) in [6, 6.07) is 1.38. The molecule has 1 saturated carbocycles. The smallest absolute Gasteiger partial charge is 0.255 e. The molecule has 0 amide bonds. The van der Waals surface area contributed by atoms with Gasteiger partial charge in [0.25, 0.3) is 5.56 Å². The third kappa shape index (κ3) is 2.72. The Labute approximate surface area is 120 Å². The molecule has 0 unspecified atom stereocenters. The van der Waals surface area contributed by atoms with Crippen LogP contribution in [0.4, 0.5) is 0 Å². The van der Waals surface area contributed by atoms with Gasteiger partial charge in [-0.05, 0) is 19.3 Å². The van der Waals surface area contributed by atoms with Gasteiger partial charge in [-0.1, -0.05) is 18.5 Å². The predicted molar refractivity (Wildman–Crippen MR) is 76.1 cm³/mol. The molecule has 2 aromatic rings. The van der Waals surface area contributed by atoms with Crippen LogP contribution in [0.3, 0.4) is 0 Å². The first kappa shape index (κ1) is 12.8. The maximum absolute atomic E-state index is 12.1. The molecule has 0 bridgehead atoms. The van der Waals surface area contributed by atoms with Gasteiger partial charge in [-0.25, -0.2) is 9.97 Å².